The molecule has 0 aromatic heterocycles. The standard InChI is InChI=1S/C31H36O3SSi/c1-5-15-27-28(34-30(32)29(27)35-24-16-9-6-10-17-24)22-23-33-36(31(2,3)4,25-18-11-7-12-19-25)26-20-13-8-14-21-26/h5-14,16-21,27-29H,1,15,22-23H2,2-4H3/t27-,28-,29+/m1/s1. The average Bonchev–Trinajstić information content (AvgIpc) is 3.17. The Morgan fingerprint density at radius 1 is 0.917 bits per heavy atom. The molecule has 4 rings (SSSR count). The summed E-state index contributed by atoms with van der Waals surface area (Å²) < 4.78 is 13.0. The minimum Gasteiger partial charge on any atom is -0.461 e. The van der Waals surface area contributed by atoms with Gasteiger partial charge in [0.05, 0.1) is 0 Å². The van der Waals surface area contributed by atoms with Crippen molar-refractivity contribution in [1.82, 2.24) is 0 Å². The van der Waals surface area contributed by atoms with E-state index in [2.05, 4.69) is 88.0 Å². The molecule has 3 aromatic carbocycles. The first kappa shape index (κ1) is 26.5. The van der Waals surface area contributed by atoms with Crippen molar-refractivity contribution in [3.8, 4) is 0 Å². The molecule has 0 aliphatic carbocycles. The summed E-state index contributed by atoms with van der Waals surface area (Å²) in [7, 11) is -2.62. The second-order valence-electron chi connectivity index (χ2n) is 10.3. The number of esters is 1. The van der Waals surface area contributed by atoms with Crippen LogP contribution in [0.25, 0.3) is 0 Å². The molecule has 36 heavy (non-hydrogen) atoms. The molecule has 188 valence electrons. The van der Waals surface area contributed by atoms with Crippen molar-refractivity contribution in [2.45, 2.75) is 54.9 Å². The van der Waals surface area contributed by atoms with Crippen molar-refractivity contribution >= 4 is 36.4 Å². The van der Waals surface area contributed by atoms with E-state index in [1.165, 1.54) is 10.4 Å². The van der Waals surface area contributed by atoms with Crippen molar-refractivity contribution in [2.24, 2.45) is 5.92 Å². The monoisotopic (exact) mass is 516 g/mol. The summed E-state index contributed by atoms with van der Waals surface area (Å²) in [5.74, 6) is -0.0610. The molecule has 3 aromatic rings. The lowest BCUT2D eigenvalue weighted by molar-refractivity contribution is -0.141. The van der Waals surface area contributed by atoms with Gasteiger partial charge in [0.25, 0.3) is 8.32 Å². The molecular weight excluding hydrogens is 480 g/mol. The summed E-state index contributed by atoms with van der Waals surface area (Å²) in [5, 5.41) is 2.19. The second kappa shape index (κ2) is 11.6. The van der Waals surface area contributed by atoms with Gasteiger partial charge in [-0.2, -0.15) is 0 Å². The average molecular weight is 517 g/mol. The topological polar surface area (TPSA) is 35.5 Å². The normalized spacial score (nSPS) is 20.2. The maximum absolute atomic E-state index is 12.9. The number of allylic oxidation sites excluding steroid dienone is 1. The molecule has 0 unspecified atom stereocenters. The highest BCUT2D eigenvalue weighted by molar-refractivity contribution is 8.00. The molecule has 0 bridgehead atoms. The molecule has 1 aliphatic rings. The molecule has 3 atom stereocenters. The van der Waals surface area contributed by atoms with Crippen LogP contribution in [-0.4, -0.2) is 32.2 Å². The van der Waals surface area contributed by atoms with E-state index in [4.69, 9.17) is 9.16 Å². The zero-order valence-corrected chi connectivity index (χ0v) is 23.2. The Morgan fingerprint density at radius 3 is 1.94 bits per heavy atom. The highest BCUT2D eigenvalue weighted by Gasteiger charge is 2.51. The van der Waals surface area contributed by atoms with Crippen molar-refractivity contribution in [3.05, 3.63) is 104 Å². The predicted octanol–water partition coefficient (Wildman–Crippen LogP) is 6.23. The first-order valence-electron chi connectivity index (χ1n) is 12.6. The van der Waals surface area contributed by atoms with Crippen molar-refractivity contribution in [3.63, 3.8) is 0 Å². The molecule has 0 N–H and O–H groups in total. The van der Waals surface area contributed by atoms with E-state index >= 15 is 0 Å². The molecule has 1 heterocycles. The highest BCUT2D eigenvalue weighted by atomic mass is 32.2. The Bertz CT molecular complexity index is 1090. The summed E-state index contributed by atoms with van der Waals surface area (Å²) in [6, 6.07) is 31.4. The van der Waals surface area contributed by atoms with Crippen LogP contribution in [0.2, 0.25) is 5.04 Å². The van der Waals surface area contributed by atoms with Crippen molar-refractivity contribution in [1.29, 1.82) is 0 Å². The fourth-order valence-corrected chi connectivity index (χ4v) is 11.1. The molecule has 1 saturated heterocycles. The first-order valence-corrected chi connectivity index (χ1v) is 15.4. The predicted molar refractivity (Wildman–Crippen MR) is 152 cm³/mol. The number of rotatable bonds is 10. The fourth-order valence-electron chi connectivity index (χ4n) is 5.29. The molecule has 0 amide bonds. The number of cyclic esters (lactones) is 1. The number of carbonyl (C=O) groups excluding carboxylic acids is 1. The quantitative estimate of drug-likeness (QED) is 0.182. The van der Waals surface area contributed by atoms with Gasteiger partial charge < -0.3 is 9.16 Å². The smallest absolute Gasteiger partial charge is 0.320 e. The van der Waals surface area contributed by atoms with Gasteiger partial charge in [-0.05, 0) is 34.0 Å². The third kappa shape index (κ3) is 5.53. The van der Waals surface area contributed by atoms with Crippen LogP contribution < -0.4 is 10.4 Å². The van der Waals surface area contributed by atoms with E-state index in [-0.39, 0.29) is 28.3 Å². The Morgan fingerprint density at radius 2 is 1.44 bits per heavy atom. The minimum absolute atomic E-state index is 0.0722. The third-order valence-electron chi connectivity index (χ3n) is 6.95. The lowest BCUT2D eigenvalue weighted by Crippen LogP contribution is -2.66. The summed E-state index contributed by atoms with van der Waals surface area (Å²) in [6.07, 6.45) is 3.12. The second-order valence-corrected chi connectivity index (χ2v) is 15.8. The fraction of sp³-hybridized carbons (Fsp3) is 0.323. The minimum atomic E-state index is -2.62. The number of hydrogen-bond donors (Lipinski definition) is 0. The summed E-state index contributed by atoms with van der Waals surface area (Å²) >= 11 is 1.59. The van der Waals surface area contributed by atoms with Gasteiger partial charge >= 0.3 is 5.97 Å². The van der Waals surface area contributed by atoms with Gasteiger partial charge in [-0.1, -0.05) is 106 Å². The van der Waals surface area contributed by atoms with Gasteiger partial charge in [0, 0.05) is 23.8 Å². The van der Waals surface area contributed by atoms with Crippen LogP contribution in [0.3, 0.4) is 0 Å². The zero-order chi connectivity index (χ0) is 25.6. The van der Waals surface area contributed by atoms with Crippen LogP contribution in [0.1, 0.15) is 33.6 Å². The molecule has 1 aliphatic heterocycles. The van der Waals surface area contributed by atoms with Crippen LogP contribution in [-0.2, 0) is 14.0 Å². The van der Waals surface area contributed by atoms with Gasteiger partial charge in [0.15, 0.2) is 0 Å². The van der Waals surface area contributed by atoms with E-state index in [9.17, 15) is 4.79 Å². The Kier molecular flexibility index (Phi) is 8.55. The number of hydrogen-bond acceptors (Lipinski definition) is 4. The summed E-state index contributed by atoms with van der Waals surface area (Å²) in [5.41, 5.74) is 0. The Labute approximate surface area is 221 Å². The van der Waals surface area contributed by atoms with Crippen molar-refractivity contribution in [2.75, 3.05) is 6.61 Å². The summed E-state index contributed by atoms with van der Waals surface area (Å²) in [6.45, 7) is 11.3. The van der Waals surface area contributed by atoms with E-state index in [1.807, 2.05) is 36.4 Å². The molecule has 0 spiro atoms. The van der Waals surface area contributed by atoms with Gasteiger partial charge in [0.2, 0.25) is 0 Å². The number of benzene rings is 3. The van der Waals surface area contributed by atoms with E-state index in [0.29, 0.717) is 13.0 Å². The van der Waals surface area contributed by atoms with Crippen LogP contribution in [0.5, 0.6) is 0 Å². The number of ether oxygens (including phenoxy) is 1. The summed E-state index contributed by atoms with van der Waals surface area (Å²) in [4.78, 5) is 14.0. The van der Waals surface area contributed by atoms with Gasteiger partial charge in [-0.25, -0.2) is 0 Å². The maximum atomic E-state index is 12.9. The van der Waals surface area contributed by atoms with E-state index in [0.717, 1.165) is 11.3 Å². The molecule has 1 fully saturated rings. The van der Waals surface area contributed by atoms with Crippen LogP contribution in [0, 0.1) is 5.92 Å². The third-order valence-corrected chi connectivity index (χ3v) is 13.3. The highest BCUT2D eigenvalue weighted by Crippen LogP contribution is 2.41. The molecular formula is C31H36O3SSi. The molecule has 5 heteroatoms. The van der Waals surface area contributed by atoms with Crippen LogP contribution in [0.15, 0.2) is 109 Å². The zero-order valence-electron chi connectivity index (χ0n) is 21.4. The van der Waals surface area contributed by atoms with Crippen LogP contribution in [0.4, 0.5) is 0 Å². The Hall–Kier alpha value is -2.60. The molecule has 0 radical (unpaired) electrons. The largest absolute Gasteiger partial charge is 0.461 e. The number of carbonyl (C=O) groups is 1. The van der Waals surface area contributed by atoms with Gasteiger partial charge in [0.1, 0.15) is 11.4 Å². The number of thioether (sulfide) groups is 1. The molecule has 0 saturated carbocycles. The van der Waals surface area contributed by atoms with E-state index in [1.54, 1.807) is 11.8 Å². The maximum Gasteiger partial charge on any atom is 0.320 e. The Balaban J connectivity index is 1.57. The lowest BCUT2D eigenvalue weighted by Gasteiger charge is -2.43. The first-order chi connectivity index (χ1) is 17.4. The van der Waals surface area contributed by atoms with E-state index < -0.39 is 8.32 Å². The SMILES string of the molecule is C=CC[C@H]1[C@H](Sc2ccccc2)C(=O)O[C@@H]1CCO[Si](c1ccccc1)(c1ccccc1)C(C)(C)C. The molecule has 3 nitrogen and oxygen atoms in total. The van der Waals surface area contributed by atoms with Crippen LogP contribution >= 0.6 is 11.8 Å². The van der Waals surface area contributed by atoms with Gasteiger partial charge in [-0.3, -0.25) is 4.79 Å². The lowest BCUT2D eigenvalue weighted by atomic mass is 9.95. The van der Waals surface area contributed by atoms with Gasteiger partial charge in [-0.15, -0.1) is 18.3 Å². The van der Waals surface area contributed by atoms with Crippen molar-refractivity contribution < 1.29 is 14.0 Å².